The zero-order valence-electron chi connectivity index (χ0n) is 10.6. The molecule has 2 rings (SSSR count). The number of sulfone groups is 1. The topological polar surface area (TPSA) is 81.3 Å². The molecular formula is C12H16N2O4S. The van der Waals surface area contributed by atoms with Gasteiger partial charge >= 0.3 is 5.76 Å². The molecular weight excluding hydrogens is 268 g/mol. The second-order valence-corrected chi connectivity index (χ2v) is 6.63. The van der Waals surface area contributed by atoms with Crippen LogP contribution >= 0.6 is 0 Å². The van der Waals surface area contributed by atoms with E-state index in [1.54, 1.807) is 12.1 Å². The second kappa shape index (κ2) is 5.58. The summed E-state index contributed by atoms with van der Waals surface area (Å²) >= 11 is 0. The van der Waals surface area contributed by atoms with Crippen LogP contribution in [0.25, 0.3) is 11.1 Å². The average molecular weight is 284 g/mol. The van der Waals surface area contributed by atoms with Crippen molar-refractivity contribution < 1.29 is 12.8 Å². The van der Waals surface area contributed by atoms with Gasteiger partial charge in [0.1, 0.15) is 9.84 Å². The summed E-state index contributed by atoms with van der Waals surface area (Å²) in [4.78, 5) is 11.6. The Balaban J connectivity index is 1.95. The lowest BCUT2D eigenvalue weighted by Gasteiger charge is -2.04. The van der Waals surface area contributed by atoms with E-state index in [-0.39, 0.29) is 5.75 Å². The van der Waals surface area contributed by atoms with Crippen molar-refractivity contribution in [2.24, 2.45) is 0 Å². The molecule has 0 aliphatic carbocycles. The fraction of sp³-hybridized carbons (Fsp3) is 0.417. The first-order valence-electron chi connectivity index (χ1n) is 5.94. The minimum absolute atomic E-state index is 0.0913. The summed E-state index contributed by atoms with van der Waals surface area (Å²) in [6.07, 6.45) is 1.20. The fourth-order valence-electron chi connectivity index (χ4n) is 1.80. The monoisotopic (exact) mass is 284 g/mol. The van der Waals surface area contributed by atoms with Gasteiger partial charge in [-0.25, -0.2) is 13.2 Å². The minimum atomic E-state index is -2.95. The van der Waals surface area contributed by atoms with Crippen LogP contribution in [0.15, 0.2) is 33.5 Å². The van der Waals surface area contributed by atoms with Crippen LogP contribution < -0.4 is 11.1 Å². The lowest BCUT2D eigenvalue weighted by atomic mass is 10.3. The molecule has 104 valence electrons. The van der Waals surface area contributed by atoms with Crippen LogP contribution in [-0.4, -0.2) is 38.1 Å². The average Bonchev–Trinajstić information content (AvgIpc) is 2.64. The summed E-state index contributed by atoms with van der Waals surface area (Å²) in [6, 6.07) is 7.20. The third kappa shape index (κ3) is 3.68. The van der Waals surface area contributed by atoms with Gasteiger partial charge < -0.3 is 9.73 Å². The molecule has 0 saturated carbocycles. The molecule has 0 aliphatic rings. The molecule has 0 bridgehead atoms. The van der Waals surface area contributed by atoms with Crippen LogP contribution in [0.2, 0.25) is 0 Å². The normalized spacial score (nSPS) is 12.1. The summed E-state index contributed by atoms with van der Waals surface area (Å²) in [5, 5.41) is 2.99. The van der Waals surface area contributed by atoms with E-state index in [2.05, 4.69) is 5.32 Å². The number of nitrogens with zero attached hydrogens (tertiary/aromatic N) is 1. The standard InChI is InChI=1S/C12H16N2O4S/c1-19(16,17)9-7-13-6-8-14-10-4-2-3-5-11(10)18-12(14)15/h2-5,13H,6-9H2,1H3. The first-order valence-corrected chi connectivity index (χ1v) is 8.00. The predicted molar refractivity (Wildman–Crippen MR) is 73.1 cm³/mol. The smallest absolute Gasteiger partial charge is 0.408 e. The summed E-state index contributed by atoms with van der Waals surface area (Å²) in [6.45, 7) is 1.34. The molecule has 1 heterocycles. The molecule has 0 saturated heterocycles. The SMILES string of the molecule is CS(=O)(=O)CCNCCn1c(=O)oc2ccccc21. The van der Waals surface area contributed by atoms with E-state index in [9.17, 15) is 13.2 Å². The van der Waals surface area contributed by atoms with Gasteiger partial charge in [0.05, 0.1) is 11.3 Å². The Morgan fingerprint density at radius 2 is 2.00 bits per heavy atom. The molecule has 6 nitrogen and oxygen atoms in total. The van der Waals surface area contributed by atoms with Gasteiger partial charge in [-0.05, 0) is 12.1 Å². The van der Waals surface area contributed by atoms with Crippen molar-refractivity contribution in [1.29, 1.82) is 0 Å². The zero-order valence-corrected chi connectivity index (χ0v) is 11.4. The highest BCUT2D eigenvalue weighted by Gasteiger charge is 2.07. The molecule has 0 aliphatic heterocycles. The van der Waals surface area contributed by atoms with E-state index in [1.165, 1.54) is 10.8 Å². The molecule has 1 aromatic carbocycles. The Morgan fingerprint density at radius 1 is 1.26 bits per heavy atom. The summed E-state index contributed by atoms with van der Waals surface area (Å²) < 4.78 is 28.5. The Bertz CT molecular complexity index is 715. The van der Waals surface area contributed by atoms with Crippen LogP contribution in [0.5, 0.6) is 0 Å². The van der Waals surface area contributed by atoms with Gasteiger partial charge in [-0.15, -0.1) is 0 Å². The van der Waals surface area contributed by atoms with Crippen LogP contribution in [0.3, 0.4) is 0 Å². The third-order valence-electron chi connectivity index (χ3n) is 2.74. The largest absolute Gasteiger partial charge is 0.419 e. The molecule has 19 heavy (non-hydrogen) atoms. The highest BCUT2D eigenvalue weighted by Crippen LogP contribution is 2.10. The molecule has 0 unspecified atom stereocenters. The molecule has 7 heteroatoms. The van der Waals surface area contributed by atoms with Crippen molar-refractivity contribution in [3.05, 3.63) is 34.8 Å². The van der Waals surface area contributed by atoms with Crippen molar-refractivity contribution in [3.63, 3.8) is 0 Å². The third-order valence-corrected chi connectivity index (χ3v) is 3.68. The molecule has 0 spiro atoms. The lowest BCUT2D eigenvalue weighted by Crippen LogP contribution is -2.28. The number of nitrogens with one attached hydrogen (secondary N) is 1. The maximum atomic E-state index is 11.6. The van der Waals surface area contributed by atoms with E-state index in [1.807, 2.05) is 12.1 Å². The number of oxazole rings is 1. The highest BCUT2D eigenvalue weighted by molar-refractivity contribution is 7.90. The summed E-state index contributed by atoms with van der Waals surface area (Å²) in [7, 11) is -2.95. The highest BCUT2D eigenvalue weighted by atomic mass is 32.2. The van der Waals surface area contributed by atoms with Crippen molar-refractivity contribution in [3.8, 4) is 0 Å². The van der Waals surface area contributed by atoms with Crippen LogP contribution in [0, 0.1) is 0 Å². The molecule has 1 N–H and O–H groups in total. The van der Waals surface area contributed by atoms with Gasteiger partial charge in [0.2, 0.25) is 0 Å². The van der Waals surface area contributed by atoms with Crippen molar-refractivity contribution in [2.45, 2.75) is 6.54 Å². The molecule has 0 fully saturated rings. The van der Waals surface area contributed by atoms with E-state index in [4.69, 9.17) is 4.42 Å². The van der Waals surface area contributed by atoms with Crippen molar-refractivity contribution in [2.75, 3.05) is 25.1 Å². The quantitative estimate of drug-likeness (QED) is 0.768. The van der Waals surface area contributed by atoms with Gasteiger partial charge in [0.25, 0.3) is 0 Å². The molecule has 0 amide bonds. The van der Waals surface area contributed by atoms with Crippen LogP contribution in [-0.2, 0) is 16.4 Å². The number of hydrogen-bond acceptors (Lipinski definition) is 5. The predicted octanol–water partition coefficient (Wildman–Crippen LogP) is 0.229. The maximum Gasteiger partial charge on any atom is 0.419 e. The zero-order chi connectivity index (χ0) is 13.9. The lowest BCUT2D eigenvalue weighted by molar-refractivity contribution is 0.496. The first kappa shape index (κ1) is 13.8. The molecule has 0 radical (unpaired) electrons. The van der Waals surface area contributed by atoms with E-state index >= 15 is 0 Å². The van der Waals surface area contributed by atoms with Crippen LogP contribution in [0.4, 0.5) is 0 Å². The Morgan fingerprint density at radius 3 is 2.74 bits per heavy atom. The Hall–Kier alpha value is -1.60. The number of aromatic nitrogens is 1. The van der Waals surface area contributed by atoms with Gasteiger partial charge in [0.15, 0.2) is 5.58 Å². The maximum absolute atomic E-state index is 11.6. The molecule has 0 atom stereocenters. The minimum Gasteiger partial charge on any atom is -0.408 e. The Kier molecular flexibility index (Phi) is 4.06. The first-order chi connectivity index (χ1) is 8.97. The summed E-state index contributed by atoms with van der Waals surface area (Å²) in [5.74, 6) is -0.306. The molecule has 1 aromatic heterocycles. The van der Waals surface area contributed by atoms with Gasteiger partial charge in [-0.1, -0.05) is 12.1 Å². The number of fused-ring (bicyclic) bond motifs is 1. The van der Waals surface area contributed by atoms with Gasteiger partial charge in [0, 0.05) is 25.9 Å². The summed E-state index contributed by atoms with van der Waals surface area (Å²) in [5.41, 5.74) is 1.31. The second-order valence-electron chi connectivity index (χ2n) is 4.37. The van der Waals surface area contributed by atoms with Crippen LogP contribution in [0.1, 0.15) is 0 Å². The van der Waals surface area contributed by atoms with E-state index in [0.29, 0.717) is 25.2 Å². The number of benzene rings is 1. The van der Waals surface area contributed by atoms with Crippen molar-refractivity contribution >= 4 is 20.9 Å². The fourth-order valence-corrected chi connectivity index (χ4v) is 2.31. The van der Waals surface area contributed by atoms with E-state index < -0.39 is 15.6 Å². The van der Waals surface area contributed by atoms with Gasteiger partial charge in [-0.3, -0.25) is 4.57 Å². The van der Waals surface area contributed by atoms with Crippen molar-refractivity contribution in [1.82, 2.24) is 9.88 Å². The number of hydrogen-bond donors (Lipinski definition) is 1. The van der Waals surface area contributed by atoms with E-state index in [0.717, 1.165) is 5.52 Å². The number of para-hydroxylation sites is 2. The molecule has 2 aromatic rings. The van der Waals surface area contributed by atoms with Gasteiger partial charge in [-0.2, -0.15) is 0 Å². The Labute approximate surface area is 110 Å². The number of rotatable bonds is 6.